The van der Waals surface area contributed by atoms with Crippen LogP contribution in [0.3, 0.4) is 0 Å². The highest BCUT2D eigenvalue weighted by Gasteiger charge is 2.37. The van der Waals surface area contributed by atoms with Crippen LogP contribution >= 0.6 is 11.6 Å². The van der Waals surface area contributed by atoms with Crippen LogP contribution < -0.4 is 5.32 Å². The average Bonchev–Trinajstić information content (AvgIpc) is 2.93. The molecule has 2 aromatic carbocycles. The molecule has 0 radical (unpaired) electrons. The number of carbonyl (C=O) groups is 3. The molecule has 0 unspecified atom stereocenters. The van der Waals surface area contributed by atoms with Gasteiger partial charge >= 0.3 is 5.97 Å². The van der Waals surface area contributed by atoms with E-state index in [0.717, 1.165) is 11.3 Å². The average molecular weight is 429 g/mol. The number of halogens is 1. The van der Waals surface area contributed by atoms with Crippen molar-refractivity contribution in [2.24, 2.45) is 0 Å². The molecule has 156 valence electrons. The second-order valence-corrected chi connectivity index (χ2v) is 7.22. The highest BCUT2D eigenvalue weighted by molar-refractivity contribution is 6.48. The molecule has 2 N–H and O–H groups in total. The summed E-state index contributed by atoms with van der Waals surface area (Å²) >= 11 is 6.10. The van der Waals surface area contributed by atoms with Crippen molar-refractivity contribution in [3.8, 4) is 5.75 Å². The molecule has 1 heterocycles. The van der Waals surface area contributed by atoms with Crippen LogP contribution in [-0.2, 0) is 20.9 Å². The van der Waals surface area contributed by atoms with Crippen LogP contribution in [0.5, 0.6) is 5.75 Å². The van der Waals surface area contributed by atoms with Crippen molar-refractivity contribution in [1.29, 1.82) is 0 Å². The predicted octanol–water partition coefficient (Wildman–Crippen LogP) is 3.70. The largest absolute Gasteiger partial charge is 0.508 e. The zero-order valence-electron chi connectivity index (χ0n) is 16.6. The minimum atomic E-state index is -0.619. The first kappa shape index (κ1) is 21.4. The third-order valence-corrected chi connectivity index (χ3v) is 4.91. The van der Waals surface area contributed by atoms with E-state index in [9.17, 15) is 19.5 Å². The lowest BCUT2D eigenvalue weighted by Gasteiger charge is -2.15. The SMILES string of the molecule is CCCOC(=O)c1ccc(CN2C(=O)C(Cl)=C(Nc3ccc(C)c(O)c3)C2=O)cc1. The quantitative estimate of drug-likeness (QED) is 0.515. The normalized spacial score (nSPS) is 13.8. The maximum Gasteiger partial charge on any atom is 0.338 e. The number of ether oxygens (including phenoxy) is 1. The van der Waals surface area contributed by atoms with Gasteiger partial charge in [0.05, 0.1) is 18.7 Å². The lowest BCUT2D eigenvalue weighted by atomic mass is 10.1. The summed E-state index contributed by atoms with van der Waals surface area (Å²) in [6.07, 6.45) is 0.731. The minimum absolute atomic E-state index is 0.00248. The van der Waals surface area contributed by atoms with Gasteiger partial charge in [-0.15, -0.1) is 0 Å². The smallest absolute Gasteiger partial charge is 0.338 e. The number of imide groups is 1. The second kappa shape index (κ2) is 9.00. The second-order valence-electron chi connectivity index (χ2n) is 6.84. The molecule has 7 nitrogen and oxygen atoms in total. The van der Waals surface area contributed by atoms with Gasteiger partial charge in [0.25, 0.3) is 11.8 Å². The molecule has 8 heteroatoms. The molecule has 0 spiro atoms. The Morgan fingerprint density at radius 2 is 1.83 bits per heavy atom. The van der Waals surface area contributed by atoms with Crippen molar-refractivity contribution < 1.29 is 24.2 Å². The van der Waals surface area contributed by atoms with E-state index in [1.165, 1.54) is 6.07 Å². The van der Waals surface area contributed by atoms with E-state index >= 15 is 0 Å². The summed E-state index contributed by atoms with van der Waals surface area (Å²) in [4.78, 5) is 38.1. The lowest BCUT2D eigenvalue weighted by Crippen LogP contribution is -2.31. The molecular weight excluding hydrogens is 408 g/mol. The van der Waals surface area contributed by atoms with Crippen molar-refractivity contribution in [2.45, 2.75) is 26.8 Å². The Balaban J connectivity index is 1.71. The molecule has 0 atom stereocenters. The van der Waals surface area contributed by atoms with E-state index in [2.05, 4.69) is 5.32 Å². The number of carbonyl (C=O) groups excluding carboxylic acids is 3. The maximum absolute atomic E-state index is 12.7. The first-order valence-corrected chi connectivity index (χ1v) is 9.78. The van der Waals surface area contributed by atoms with Crippen LogP contribution in [0.2, 0.25) is 0 Å². The number of aromatic hydroxyl groups is 1. The number of rotatable bonds is 7. The number of hydrogen-bond acceptors (Lipinski definition) is 6. The fourth-order valence-electron chi connectivity index (χ4n) is 2.84. The third kappa shape index (κ3) is 4.46. The van der Waals surface area contributed by atoms with Crippen LogP contribution in [0, 0.1) is 6.92 Å². The zero-order valence-corrected chi connectivity index (χ0v) is 17.3. The minimum Gasteiger partial charge on any atom is -0.508 e. The van der Waals surface area contributed by atoms with Gasteiger partial charge in [0.1, 0.15) is 16.5 Å². The van der Waals surface area contributed by atoms with Gasteiger partial charge in [0.15, 0.2) is 0 Å². The Morgan fingerprint density at radius 3 is 2.47 bits per heavy atom. The number of nitrogens with one attached hydrogen (secondary N) is 1. The topological polar surface area (TPSA) is 95.9 Å². The molecule has 3 rings (SSSR count). The van der Waals surface area contributed by atoms with Gasteiger partial charge in [0.2, 0.25) is 0 Å². The van der Waals surface area contributed by atoms with Gasteiger partial charge in [-0.2, -0.15) is 0 Å². The number of aryl methyl sites for hydroxylation is 1. The van der Waals surface area contributed by atoms with E-state index in [0.29, 0.717) is 29.0 Å². The summed E-state index contributed by atoms with van der Waals surface area (Å²) in [7, 11) is 0. The number of hydrogen-bond donors (Lipinski definition) is 2. The summed E-state index contributed by atoms with van der Waals surface area (Å²) in [5.74, 6) is -1.55. The summed E-state index contributed by atoms with van der Waals surface area (Å²) in [5, 5.41) is 12.4. The number of amides is 2. The number of phenolic OH excluding ortho intramolecular Hbond substituents is 1. The lowest BCUT2D eigenvalue weighted by molar-refractivity contribution is -0.138. The van der Waals surface area contributed by atoms with Gasteiger partial charge in [0, 0.05) is 11.8 Å². The predicted molar refractivity (Wildman–Crippen MR) is 112 cm³/mol. The standard InChI is InChI=1S/C22H21ClN2O5/c1-3-10-30-22(29)15-7-5-14(6-8-15)12-25-20(27)18(23)19(21(25)28)24-16-9-4-13(2)17(26)11-16/h4-9,11,24,26H,3,10,12H2,1-2H3. The summed E-state index contributed by atoms with van der Waals surface area (Å²) in [6, 6.07) is 11.3. The van der Waals surface area contributed by atoms with Crippen molar-refractivity contribution in [3.05, 3.63) is 69.9 Å². The third-order valence-electron chi connectivity index (χ3n) is 4.56. The van der Waals surface area contributed by atoms with Gasteiger partial charge in [-0.3, -0.25) is 14.5 Å². The Hall–Kier alpha value is -3.32. The molecule has 1 aliphatic rings. The Bertz CT molecular complexity index is 1030. The molecule has 0 fully saturated rings. The number of phenols is 1. The molecule has 0 bridgehead atoms. The van der Waals surface area contributed by atoms with Crippen molar-refractivity contribution in [2.75, 3.05) is 11.9 Å². The van der Waals surface area contributed by atoms with Crippen LogP contribution in [0.1, 0.15) is 34.8 Å². The van der Waals surface area contributed by atoms with Crippen LogP contribution in [0.4, 0.5) is 5.69 Å². The van der Waals surface area contributed by atoms with Gasteiger partial charge in [-0.1, -0.05) is 36.7 Å². The van der Waals surface area contributed by atoms with E-state index in [-0.39, 0.29) is 23.0 Å². The molecule has 0 saturated carbocycles. The summed E-state index contributed by atoms with van der Waals surface area (Å²) in [6.45, 7) is 4.00. The first-order chi connectivity index (χ1) is 14.3. The number of benzene rings is 2. The Labute approximate surface area is 178 Å². The van der Waals surface area contributed by atoms with Crippen molar-refractivity contribution >= 4 is 35.1 Å². The molecule has 0 aromatic heterocycles. The molecule has 1 aliphatic heterocycles. The molecule has 2 aromatic rings. The van der Waals surface area contributed by atoms with E-state index in [4.69, 9.17) is 16.3 Å². The van der Waals surface area contributed by atoms with E-state index in [1.54, 1.807) is 43.3 Å². The highest BCUT2D eigenvalue weighted by atomic mass is 35.5. The van der Waals surface area contributed by atoms with Gasteiger partial charge in [-0.05, 0) is 42.7 Å². The Morgan fingerprint density at radius 1 is 1.13 bits per heavy atom. The number of nitrogens with zero attached hydrogens (tertiary/aromatic N) is 1. The van der Waals surface area contributed by atoms with Gasteiger partial charge < -0.3 is 15.2 Å². The van der Waals surface area contributed by atoms with Crippen molar-refractivity contribution in [3.63, 3.8) is 0 Å². The molecule has 0 aliphatic carbocycles. The van der Waals surface area contributed by atoms with Crippen molar-refractivity contribution in [1.82, 2.24) is 4.90 Å². The fourth-order valence-corrected chi connectivity index (χ4v) is 3.07. The van der Waals surface area contributed by atoms with E-state index in [1.807, 2.05) is 6.92 Å². The monoisotopic (exact) mass is 428 g/mol. The fraction of sp³-hybridized carbons (Fsp3) is 0.227. The number of esters is 1. The van der Waals surface area contributed by atoms with Gasteiger partial charge in [-0.25, -0.2) is 4.79 Å². The summed E-state index contributed by atoms with van der Waals surface area (Å²) < 4.78 is 5.08. The zero-order chi connectivity index (χ0) is 21.8. The molecule has 2 amide bonds. The molecular formula is C22H21ClN2O5. The molecule has 30 heavy (non-hydrogen) atoms. The first-order valence-electron chi connectivity index (χ1n) is 9.40. The van der Waals surface area contributed by atoms with Crippen LogP contribution in [0.25, 0.3) is 0 Å². The Kier molecular flexibility index (Phi) is 6.42. The highest BCUT2D eigenvalue weighted by Crippen LogP contribution is 2.29. The molecule has 0 saturated heterocycles. The maximum atomic E-state index is 12.7. The van der Waals surface area contributed by atoms with E-state index < -0.39 is 17.8 Å². The number of anilines is 1. The summed E-state index contributed by atoms with van der Waals surface area (Å²) in [5.41, 5.74) is 2.11. The van der Waals surface area contributed by atoms with Crippen LogP contribution in [-0.4, -0.2) is 34.4 Å². The van der Waals surface area contributed by atoms with Crippen LogP contribution in [0.15, 0.2) is 53.2 Å².